The normalized spacial score (nSPS) is 16.2. The molecule has 1 aromatic heterocycles. The number of hydrogen-bond acceptors (Lipinski definition) is 6. The Morgan fingerprint density at radius 1 is 1.15 bits per heavy atom. The smallest absolute Gasteiger partial charge is 0.257 e. The van der Waals surface area contributed by atoms with Gasteiger partial charge in [0.1, 0.15) is 11.8 Å². The molecule has 1 amide bonds. The van der Waals surface area contributed by atoms with Crippen LogP contribution in [-0.2, 0) is 27.1 Å². The van der Waals surface area contributed by atoms with E-state index in [1.807, 2.05) is 61.3 Å². The van der Waals surface area contributed by atoms with Crippen LogP contribution in [0.25, 0.3) is 0 Å². The van der Waals surface area contributed by atoms with Crippen molar-refractivity contribution in [3.63, 3.8) is 0 Å². The molecule has 1 unspecified atom stereocenters. The van der Waals surface area contributed by atoms with Crippen LogP contribution >= 0.6 is 0 Å². The van der Waals surface area contributed by atoms with E-state index in [2.05, 4.69) is 5.10 Å². The fraction of sp³-hybridized carbons (Fsp3) is 0.280. The molecule has 8 nitrogen and oxygen atoms in total. The van der Waals surface area contributed by atoms with Crippen molar-refractivity contribution in [3.05, 3.63) is 94.9 Å². The van der Waals surface area contributed by atoms with Crippen LogP contribution in [-0.4, -0.2) is 43.5 Å². The molecule has 1 aliphatic heterocycles. The van der Waals surface area contributed by atoms with Crippen molar-refractivity contribution in [2.75, 3.05) is 13.6 Å². The average molecular weight is 481 g/mol. The van der Waals surface area contributed by atoms with Gasteiger partial charge in [-0.05, 0) is 42.8 Å². The first-order valence-electron chi connectivity index (χ1n) is 10.9. The van der Waals surface area contributed by atoms with Gasteiger partial charge < -0.3 is 4.42 Å². The lowest BCUT2D eigenvalue weighted by Crippen LogP contribution is -2.36. The molecule has 0 spiro atoms. The topological polar surface area (TPSA) is 109 Å². The largest absolute Gasteiger partial charge is 0.467 e. The molecule has 0 radical (unpaired) electrons. The first-order chi connectivity index (χ1) is 16.2. The standard InChI is InChI=1S/C25H28N4O4S/c1-18-8-10-21(11-9-18)22-14-23(24-7-4-12-33-24)29(27-22)25(30)16-28(2)15-19-5-3-6-20(13-19)17-34(26,31)32/h3-13,23H,14-17H2,1-2H3,(H2,26,31,32). The maximum atomic E-state index is 13.3. The summed E-state index contributed by atoms with van der Waals surface area (Å²) < 4.78 is 28.4. The van der Waals surface area contributed by atoms with E-state index in [9.17, 15) is 13.2 Å². The van der Waals surface area contributed by atoms with Crippen LogP contribution in [0, 0.1) is 6.92 Å². The van der Waals surface area contributed by atoms with Gasteiger partial charge in [-0.1, -0.05) is 54.1 Å². The minimum absolute atomic E-state index is 0.140. The fourth-order valence-electron chi connectivity index (χ4n) is 4.08. The summed E-state index contributed by atoms with van der Waals surface area (Å²) in [6.45, 7) is 2.64. The number of amides is 1. The third-order valence-electron chi connectivity index (χ3n) is 5.64. The lowest BCUT2D eigenvalue weighted by atomic mass is 10.0. The Bertz CT molecular complexity index is 1280. The first-order valence-corrected chi connectivity index (χ1v) is 12.7. The van der Waals surface area contributed by atoms with Crippen molar-refractivity contribution in [2.45, 2.75) is 31.7 Å². The number of hydrogen-bond donors (Lipinski definition) is 1. The highest BCUT2D eigenvalue weighted by Crippen LogP contribution is 2.33. The van der Waals surface area contributed by atoms with Gasteiger partial charge in [0.15, 0.2) is 0 Å². The van der Waals surface area contributed by atoms with Crippen molar-refractivity contribution < 1.29 is 17.6 Å². The molecule has 178 valence electrons. The minimum Gasteiger partial charge on any atom is -0.467 e. The van der Waals surface area contributed by atoms with E-state index in [1.54, 1.807) is 24.5 Å². The maximum Gasteiger partial charge on any atom is 0.257 e. The summed E-state index contributed by atoms with van der Waals surface area (Å²) in [5.41, 5.74) is 4.49. The van der Waals surface area contributed by atoms with E-state index >= 15 is 0 Å². The van der Waals surface area contributed by atoms with Gasteiger partial charge in [-0.15, -0.1) is 0 Å². The third kappa shape index (κ3) is 5.99. The zero-order chi connectivity index (χ0) is 24.3. The number of carbonyl (C=O) groups is 1. The van der Waals surface area contributed by atoms with Gasteiger partial charge in [0.05, 0.1) is 24.3 Å². The number of likely N-dealkylation sites (N-methyl/N-ethyl adjacent to an activating group) is 1. The zero-order valence-corrected chi connectivity index (χ0v) is 20.0. The molecule has 1 atom stereocenters. The number of carbonyl (C=O) groups excluding carboxylic acids is 1. The number of rotatable bonds is 8. The second kappa shape index (κ2) is 9.92. The Balaban J connectivity index is 1.48. The number of benzene rings is 2. The number of nitrogens with two attached hydrogens (primary N) is 1. The number of aryl methyl sites for hydroxylation is 1. The molecular formula is C25H28N4O4S. The van der Waals surface area contributed by atoms with E-state index in [0.717, 1.165) is 22.4 Å². The molecule has 2 aromatic carbocycles. The molecule has 2 heterocycles. The van der Waals surface area contributed by atoms with E-state index < -0.39 is 10.0 Å². The highest BCUT2D eigenvalue weighted by Gasteiger charge is 2.35. The Kier molecular flexibility index (Phi) is 6.97. The van der Waals surface area contributed by atoms with Crippen molar-refractivity contribution in [3.8, 4) is 0 Å². The lowest BCUT2D eigenvalue weighted by Gasteiger charge is -2.23. The lowest BCUT2D eigenvalue weighted by molar-refractivity contribution is -0.134. The Morgan fingerprint density at radius 2 is 1.88 bits per heavy atom. The van der Waals surface area contributed by atoms with Crippen LogP contribution in [0.3, 0.4) is 0 Å². The molecule has 0 aliphatic carbocycles. The molecule has 3 aromatic rings. The molecule has 4 rings (SSSR count). The number of primary sulfonamides is 1. The van der Waals surface area contributed by atoms with Crippen LogP contribution in [0.2, 0.25) is 0 Å². The fourth-order valence-corrected chi connectivity index (χ4v) is 4.73. The van der Waals surface area contributed by atoms with Gasteiger partial charge >= 0.3 is 0 Å². The summed E-state index contributed by atoms with van der Waals surface area (Å²) in [5.74, 6) is 0.322. The van der Waals surface area contributed by atoms with Gasteiger partial charge in [-0.3, -0.25) is 9.69 Å². The van der Waals surface area contributed by atoms with Gasteiger partial charge in [0.2, 0.25) is 10.0 Å². The van der Waals surface area contributed by atoms with Gasteiger partial charge in [0, 0.05) is 13.0 Å². The van der Waals surface area contributed by atoms with Crippen molar-refractivity contribution in [1.82, 2.24) is 9.91 Å². The van der Waals surface area contributed by atoms with Crippen molar-refractivity contribution in [2.24, 2.45) is 10.2 Å². The molecule has 0 saturated carbocycles. The molecule has 0 saturated heterocycles. The molecule has 0 fully saturated rings. The Hall–Kier alpha value is -3.27. The number of hydrazone groups is 1. The van der Waals surface area contributed by atoms with Gasteiger partial charge in [0.25, 0.3) is 5.91 Å². The SMILES string of the molecule is Cc1ccc(C2=NN(C(=O)CN(C)Cc3cccc(CS(N)(=O)=O)c3)C(c3ccco3)C2)cc1. The summed E-state index contributed by atoms with van der Waals surface area (Å²) in [6, 6.07) is 18.7. The van der Waals surface area contributed by atoms with E-state index in [-0.39, 0.29) is 24.2 Å². The van der Waals surface area contributed by atoms with E-state index in [1.165, 1.54) is 5.01 Å². The van der Waals surface area contributed by atoms with Crippen LogP contribution in [0.15, 0.2) is 76.4 Å². The van der Waals surface area contributed by atoms with Crippen molar-refractivity contribution in [1.29, 1.82) is 0 Å². The molecule has 34 heavy (non-hydrogen) atoms. The van der Waals surface area contributed by atoms with Gasteiger partial charge in [-0.25, -0.2) is 18.6 Å². The van der Waals surface area contributed by atoms with Crippen molar-refractivity contribution >= 4 is 21.6 Å². The second-order valence-electron chi connectivity index (χ2n) is 8.69. The number of nitrogens with zero attached hydrogens (tertiary/aromatic N) is 3. The van der Waals surface area contributed by atoms with Crippen LogP contribution in [0.4, 0.5) is 0 Å². The zero-order valence-electron chi connectivity index (χ0n) is 19.2. The quantitative estimate of drug-likeness (QED) is 0.533. The summed E-state index contributed by atoms with van der Waals surface area (Å²) in [6.07, 6.45) is 2.17. The Morgan fingerprint density at radius 3 is 2.56 bits per heavy atom. The summed E-state index contributed by atoms with van der Waals surface area (Å²) in [4.78, 5) is 15.1. The summed E-state index contributed by atoms with van der Waals surface area (Å²) in [7, 11) is -1.77. The minimum atomic E-state index is -3.61. The molecule has 2 N–H and O–H groups in total. The third-order valence-corrected chi connectivity index (χ3v) is 6.37. The molecular weight excluding hydrogens is 452 g/mol. The number of sulfonamides is 1. The molecule has 1 aliphatic rings. The second-order valence-corrected chi connectivity index (χ2v) is 10.3. The van der Waals surface area contributed by atoms with Gasteiger partial charge in [-0.2, -0.15) is 5.10 Å². The monoisotopic (exact) mass is 480 g/mol. The predicted octanol–water partition coefficient (Wildman–Crippen LogP) is 3.19. The summed E-state index contributed by atoms with van der Waals surface area (Å²) in [5, 5.41) is 11.3. The molecule has 0 bridgehead atoms. The summed E-state index contributed by atoms with van der Waals surface area (Å²) >= 11 is 0. The van der Waals surface area contributed by atoms with Crippen LogP contribution in [0.1, 0.15) is 40.5 Å². The predicted molar refractivity (Wildman–Crippen MR) is 130 cm³/mol. The first kappa shape index (κ1) is 23.9. The highest BCUT2D eigenvalue weighted by molar-refractivity contribution is 7.88. The maximum absolute atomic E-state index is 13.3. The van der Waals surface area contributed by atoms with Crippen LogP contribution < -0.4 is 5.14 Å². The van der Waals surface area contributed by atoms with E-state index in [4.69, 9.17) is 9.56 Å². The highest BCUT2D eigenvalue weighted by atomic mass is 32.2. The number of furan rings is 1. The van der Waals surface area contributed by atoms with Crippen LogP contribution in [0.5, 0.6) is 0 Å². The average Bonchev–Trinajstić information content (AvgIpc) is 3.43. The molecule has 9 heteroatoms. The Labute approximate surface area is 199 Å². The van der Waals surface area contributed by atoms with E-state index in [0.29, 0.717) is 24.3 Å².